The summed E-state index contributed by atoms with van der Waals surface area (Å²) >= 11 is 3.15. The lowest BCUT2D eigenvalue weighted by molar-refractivity contribution is 0.476. The van der Waals surface area contributed by atoms with Gasteiger partial charge in [0.2, 0.25) is 0 Å². The molecule has 2 aromatic rings. The molecule has 0 heterocycles. The van der Waals surface area contributed by atoms with Crippen LogP contribution in [0.25, 0.3) is 0 Å². The quantitative estimate of drug-likeness (QED) is 0.824. The van der Waals surface area contributed by atoms with E-state index < -0.39 is 0 Å². The van der Waals surface area contributed by atoms with Crippen molar-refractivity contribution in [1.82, 2.24) is 5.32 Å². The third kappa shape index (κ3) is 3.58. The zero-order valence-corrected chi connectivity index (χ0v) is 13.1. The molecule has 1 atom stereocenters. The van der Waals surface area contributed by atoms with Gasteiger partial charge in [-0.2, -0.15) is 0 Å². The fraction of sp³-hybridized carbons (Fsp3) is 0.250. The van der Waals surface area contributed by atoms with Gasteiger partial charge in [-0.05, 0) is 65.3 Å². The number of nitrogens with one attached hydrogen (secondary N) is 1. The maximum atomic E-state index is 13.2. The van der Waals surface area contributed by atoms with Crippen LogP contribution < -0.4 is 10.1 Å². The van der Waals surface area contributed by atoms with Gasteiger partial charge < -0.3 is 10.1 Å². The summed E-state index contributed by atoms with van der Waals surface area (Å²) in [6.07, 6.45) is 1.00. The number of hydrogen-bond acceptors (Lipinski definition) is 2. The summed E-state index contributed by atoms with van der Waals surface area (Å²) in [6.45, 7) is 2.13. The zero-order valence-electron chi connectivity index (χ0n) is 11.5. The van der Waals surface area contributed by atoms with E-state index in [1.165, 1.54) is 11.6 Å². The van der Waals surface area contributed by atoms with E-state index in [0.717, 1.165) is 12.2 Å². The maximum absolute atomic E-state index is 13.2. The minimum atomic E-state index is -0.299. The number of ether oxygens (including phenoxy) is 1. The van der Waals surface area contributed by atoms with Crippen molar-refractivity contribution in [3.63, 3.8) is 0 Å². The standard InChI is InChI=1S/C16H17BrFNO/c1-3-16(19-2)11-5-4-6-12(9-11)20-13-7-8-15(18)14(17)10-13/h4-10,16,19H,3H2,1-2H3. The lowest BCUT2D eigenvalue weighted by atomic mass is 10.0. The molecule has 4 heteroatoms. The van der Waals surface area contributed by atoms with Crippen LogP contribution in [0.2, 0.25) is 0 Å². The normalized spacial score (nSPS) is 12.2. The Labute approximate surface area is 127 Å². The molecule has 0 saturated carbocycles. The van der Waals surface area contributed by atoms with Crippen LogP contribution in [-0.2, 0) is 0 Å². The Kier molecular flexibility index (Phi) is 5.15. The van der Waals surface area contributed by atoms with Crippen molar-refractivity contribution >= 4 is 15.9 Å². The highest BCUT2D eigenvalue weighted by Crippen LogP contribution is 2.28. The second-order valence-electron chi connectivity index (χ2n) is 4.50. The van der Waals surface area contributed by atoms with Gasteiger partial charge in [0.1, 0.15) is 17.3 Å². The average Bonchev–Trinajstić information content (AvgIpc) is 2.45. The molecule has 2 nitrogen and oxygen atoms in total. The van der Waals surface area contributed by atoms with Crippen LogP contribution in [0.5, 0.6) is 11.5 Å². The van der Waals surface area contributed by atoms with Gasteiger partial charge in [-0.15, -0.1) is 0 Å². The van der Waals surface area contributed by atoms with Crippen LogP contribution in [-0.4, -0.2) is 7.05 Å². The molecule has 0 aromatic heterocycles. The predicted molar refractivity (Wildman–Crippen MR) is 82.7 cm³/mol. The Hall–Kier alpha value is -1.39. The topological polar surface area (TPSA) is 21.3 Å². The monoisotopic (exact) mass is 337 g/mol. The molecule has 0 fully saturated rings. The van der Waals surface area contributed by atoms with Gasteiger partial charge in [-0.3, -0.25) is 0 Å². The summed E-state index contributed by atoms with van der Waals surface area (Å²) in [6, 6.07) is 12.8. The smallest absolute Gasteiger partial charge is 0.137 e. The summed E-state index contributed by atoms with van der Waals surface area (Å²) in [4.78, 5) is 0. The number of hydrogen-bond donors (Lipinski definition) is 1. The Balaban J connectivity index is 2.21. The van der Waals surface area contributed by atoms with E-state index in [0.29, 0.717) is 16.3 Å². The van der Waals surface area contributed by atoms with Crippen molar-refractivity contribution < 1.29 is 9.13 Å². The van der Waals surface area contributed by atoms with E-state index in [1.54, 1.807) is 12.1 Å². The Morgan fingerprint density at radius 2 is 1.95 bits per heavy atom. The highest BCUT2D eigenvalue weighted by Gasteiger charge is 2.08. The summed E-state index contributed by atoms with van der Waals surface area (Å²) in [5.41, 5.74) is 1.17. The second-order valence-corrected chi connectivity index (χ2v) is 5.35. The van der Waals surface area contributed by atoms with Crippen LogP contribution in [0.3, 0.4) is 0 Å². The van der Waals surface area contributed by atoms with E-state index in [2.05, 4.69) is 34.2 Å². The molecule has 2 rings (SSSR count). The molecule has 0 spiro atoms. The fourth-order valence-corrected chi connectivity index (χ4v) is 2.44. The van der Waals surface area contributed by atoms with Crippen molar-refractivity contribution in [2.75, 3.05) is 7.05 Å². The summed E-state index contributed by atoms with van der Waals surface area (Å²) < 4.78 is 19.4. The number of benzene rings is 2. The molecular weight excluding hydrogens is 321 g/mol. The third-order valence-corrected chi connectivity index (χ3v) is 3.75. The molecule has 0 saturated heterocycles. The highest BCUT2D eigenvalue weighted by molar-refractivity contribution is 9.10. The van der Waals surface area contributed by atoms with Crippen molar-refractivity contribution in [1.29, 1.82) is 0 Å². The molecule has 0 radical (unpaired) electrons. The lowest BCUT2D eigenvalue weighted by Gasteiger charge is -2.15. The molecule has 106 valence electrons. The Morgan fingerprint density at radius 3 is 2.60 bits per heavy atom. The van der Waals surface area contributed by atoms with E-state index in [-0.39, 0.29) is 5.82 Å². The Morgan fingerprint density at radius 1 is 1.20 bits per heavy atom. The van der Waals surface area contributed by atoms with E-state index in [9.17, 15) is 4.39 Å². The number of halogens is 2. The molecule has 2 aromatic carbocycles. The molecule has 0 aliphatic heterocycles. The summed E-state index contributed by atoms with van der Waals surface area (Å²) in [5.74, 6) is 1.05. The van der Waals surface area contributed by atoms with Crippen molar-refractivity contribution in [2.45, 2.75) is 19.4 Å². The summed E-state index contributed by atoms with van der Waals surface area (Å²) in [5, 5.41) is 3.26. The predicted octanol–water partition coefficient (Wildman–Crippen LogP) is 5.05. The van der Waals surface area contributed by atoms with Gasteiger partial charge in [0.05, 0.1) is 4.47 Å². The lowest BCUT2D eigenvalue weighted by Crippen LogP contribution is -2.14. The van der Waals surface area contributed by atoms with Crippen LogP contribution in [0, 0.1) is 5.82 Å². The van der Waals surface area contributed by atoms with Gasteiger partial charge in [-0.25, -0.2) is 4.39 Å². The first-order chi connectivity index (χ1) is 9.63. The van der Waals surface area contributed by atoms with Crippen LogP contribution in [0.15, 0.2) is 46.9 Å². The average molecular weight is 338 g/mol. The molecule has 0 aliphatic rings. The molecule has 1 unspecified atom stereocenters. The number of rotatable bonds is 5. The van der Waals surface area contributed by atoms with E-state index in [1.807, 2.05) is 25.2 Å². The van der Waals surface area contributed by atoms with Gasteiger partial charge in [0.25, 0.3) is 0 Å². The highest BCUT2D eigenvalue weighted by atomic mass is 79.9. The molecule has 20 heavy (non-hydrogen) atoms. The van der Waals surface area contributed by atoms with Gasteiger partial charge in [0.15, 0.2) is 0 Å². The second kappa shape index (κ2) is 6.86. The van der Waals surface area contributed by atoms with Gasteiger partial charge >= 0.3 is 0 Å². The largest absolute Gasteiger partial charge is 0.457 e. The minimum absolute atomic E-state index is 0.299. The van der Waals surface area contributed by atoms with E-state index in [4.69, 9.17) is 4.74 Å². The maximum Gasteiger partial charge on any atom is 0.137 e. The van der Waals surface area contributed by atoms with Gasteiger partial charge in [0, 0.05) is 6.04 Å². The minimum Gasteiger partial charge on any atom is -0.457 e. The SMILES string of the molecule is CCC(NC)c1cccc(Oc2ccc(F)c(Br)c2)c1. The molecule has 0 aliphatic carbocycles. The van der Waals surface area contributed by atoms with Crippen LogP contribution in [0.4, 0.5) is 4.39 Å². The van der Waals surface area contributed by atoms with Crippen molar-refractivity contribution in [3.05, 3.63) is 58.3 Å². The van der Waals surface area contributed by atoms with Crippen LogP contribution >= 0.6 is 15.9 Å². The first-order valence-electron chi connectivity index (χ1n) is 6.54. The molecule has 0 amide bonds. The van der Waals surface area contributed by atoms with Crippen molar-refractivity contribution in [2.24, 2.45) is 0 Å². The van der Waals surface area contributed by atoms with Gasteiger partial charge in [-0.1, -0.05) is 19.1 Å². The van der Waals surface area contributed by atoms with Crippen molar-refractivity contribution in [3.8, 4) is 11.5 Å². The molecule has 0 bridgehead atoms. The zero-order chi connectivity index (χ0) is 14.5. The molecule has 1 N–H and O–H groups in total. The first kappa shape index (κ1) is 15.0. The van der Waals surface area contributed by atoms with E-state index >= 15 is 0 Å². The fourth-order valence-electron chi connectivity index (χ4n) is 2.08. The third-order valence-electron chi connectivity index (χ3n) is 3.14. The first-order valence-corrected chi connectivity index (χ1v) is 7.33. The summed E-state index contributed by atoms with van der Waals surface area (Å²) in [7, 11) is 1.94. The molecular formula is C16H17BrFNO. The Bertz CT molecular complexity index is 584. The van der Waals surface area contributed by atoms with Crippen LogP contribution in [0.1, 0.15) is 24.9 Å².